The third-order valence-corrected chi connectivity index (χ3v) is 7.79. The number of carbonyl (C=O) groups excluding carboxylic acids is 2. The van der Waals surface area contributed by atoms with Crippen molar-refractivity contribution < 1.29 is 34.4 Å². The molecule has 1 aromatic carbocycles. The van der Waals surface area contributed by atoms with Crippen molar-refractivity contribution in [2.24, 2.45) is 0 Å². The second-order valence-electron chi connectivity index (χ2n) is 10.2. The quantitative estimate of drug-likeness (QED) is 0.370. The highest BCUT2D eigenvalue weighted by molar-refractivity contribution is 5.96. The Kier molecular flexibility index (Phi) is 9.10. The van der Waals surface area contributed by atoms with Gasteiger partial charge in [-0.05, 0) is 43.0 Å². The van der Waals surface area contributed by atoms with E-state index < -0.39 is 24.2 Å². The lowest BCUT2D eigenvalue weighted by Crippen LogP contribution is -2.58. The summed E-state index contributed by atoms with van der Waals surface area (Å²) in [5.41, 5.74) is 1.63. The Morgan fingerprint density at radius 2 is 1.89 bits per heavy atom. The second kappa shape index (κ2) is 12.3. The van der Waals surface area contributed by atoms with Crippen molar-refractivity contribution in [1.29, 1.82) is 0 Å². The number of nitrogens with one attached hydrogen (secondary N) is 1. The van der Waals surface area contributed by atoms with Crippen LogP contribution in [-0.2, 0) is 16.2 Å². The summed E-state index contributed by atoms with van der Waals surface area (Å²) in [5.74, 6) is -0.181. The fourth-order valence-corrected chi connectivity index (χ4v) is 6.08. The van der Waals surface area contributed by atoms with E-state index in [2.05, 4.69) is 5.32 Å². The highest BCUT2D eigenvalue weighted by Gasteiger charge is 2.52. The number of carbonyl (C=O) groups is 2. The molecule has 0 saturated heterocycles. The molecule has 0 aromatic heterocycles. The summed E-state index contributed by atoms with van der Waals surface area (Å²) in [6.07, 6.45) is 6.91. The van der Waals surface area contributed by atoms with E-state index in [4.69, 9.17) is 9.47 Å². The zero-order chi connectivity index (χ0) is 26.5. The summed E-state index contributed by atoms with van der Waals surface area (Å²) in [4.78, 5) is 28.7. The molecule has 2 aliphatic carbocycles. The first-order valence-electron chi connectivity index (χ1n) is 13.5. The van der Waals surface area contributed by atoms with Crippen molar-refractivity contribution >= 4 is 11.8 Å². The first-order valence-corrected chi connectivity index (χ1v) is 13.5. The number of nitrogens with zero attached hydrogens (tertiary/aromatic N) is 1. The lowest BCUT2D eigenvalue weighted by atomic mass is 9.76. The summed E-state index contributed by atoms with van der Waals surface area (Å²) >= 11 is 0. The predicted molar refractivity (Wildman–Crippen MR) is 137 cm³/mol. The molecule has 4 unspecified atom stereocenters. The molecule has 0 bridgehead atoms. The summed E-state index contributed by atoms with van der Waals surface area (Å²) < 4.78 is 11.8. The van der Waals surface area contributed by atoms with Gasteiger partial charge in [0.25, 0.3) is 0 Å². The lowest BCUT2D eigenvalue weighted by Gasteiger charge is -2.44. The standard InChI is InChI=1S/C28H40N2O7/c1-3-8-23(33)30(18-9-6-4-5-7-10-18)21-15-20(28(35)29-11-12-31)24-19-13-17(16-32)14-22(36-2)26(19)37-27(24)25(21)34/h13-15,18,21,24-25,27,31-32,34H,3-12,16H2,1-2H3,(H,29,35). The molecule has 9 heteroatoms. The summed E-state index contributed by atoms with van der Waals surface area (Å²) in [6, 6.07) is 2.71. The van der Waals surface area contributed by atoms with Gasteiger partial charge in [-0.15, -0.1) is 0 Å². The Labute approximate surface area is 218 Å². The molecule has 1 heterocycles. The van der Waals surface area contributed by atoms with Gasteiger partial charge in [-0.2, -0.15) is 0 Å². The van der Waals surface area contributed by atoms with Crippen LogP contribution in [-0.4, -0.2) is 76.6 Å². The first kappa shape index (κ1) is 27.4. The predicted octanol–water partition coefficient (Wildman–Crippen LogP) is 2.16. The Morgan fingerprint density at radius 1 is 1.16 bits per heavy atom. The van der Waals surface area contributed by atoms with Crippen molar-refractivity contribution in [1.82, 2.24) is 10.2 Å². The number of hydrogen-bond donors (Lipinski definition) is 4. The van der Waals surface area contributed by atoms with Crippen LogP contribution in [0.3, 0.4) is 0 Å². The van der Waals surface area contributed by atoms with Crippen LogP contribution in [0.5, 0.6) is 11.5 Å². The zero-order valence-corrected chi connectivity index (χ0v) is 21.8. The number of rotatable bonds is 9. The largest absolute Gasteiger partial charge is 0.493 e. The van der Waals surface area contributed by atoms with Crippen molar-refractivity contribution in [3.63, 3.8) is 0 Å². The van der Waals surface area contributed by atoms with Crippen LogP contribution in [0.25, 0.3) is 0 Å². The lowest BCUT2D eigenvalue weighted by molar-refractivity contribution is -0.141. The number of fused-ring (bicyclic) bond motifs is 3. The Hall–Kier alpha value is -2.62. The maximum Gasteiger partial charge on any atom is 0.247 e. The molecule has 1 aliphatic heterocycles. The van der Waals surface area contributed by atoms with Gasteiger partial charge in [0.15, 0.2) is 11.5 Å². The Balaban J connectivity index is 1.81. The summed E-state index contributed by atoms with van der Waals surface area (Å²) in [6.45, 7) is 1.61. The number of ether oxygens (including phenoxy) is 2. The van der Waals surface area contributed by atoms with E-state index in [0.717, 1.165) is 38.5 Å². The molecule has 4 rings (SSSR count). The van der Waals surface area contributed by atoms with Gasteiger partial charge >= 0.3 is 0 Å². The Morgan fingerprint density at radius 3 is 2.51 bits per heavy atom. The van der Waals surface area contributed by atoms with Gasteiger partial charge < -0.3 is 35.0 Å². The van der Waals surface area contributed by atoms with Crippen LogP contribution in [0.1, 0.15) is 75.3 Å². The number of methoxy groups -OCH3 is 1. The van der Waals surface area contributed by atoms with Crippen LogP contribution in [0, 0.1) is 0 Å². The minimum atomic E-state index is -1.07. The van der Waals surface area contributed by atoms with E-state index in [-0.39, 0.29) is 37.6 Å². The van der Waals surface area contributed by atoms with Gasteiger partial charge in [0.05, 0.1) is 32.3 Å². The van der Waals surface area contributed by atoms with Crippen molar-refractivity contribution in [2.45, 2.75) is 95.1 Å². The minimum absolute atomic E-state index is 0.0185. The van der Waals surface area contributed by atoms with Crippen molar-refractivity contribution in [3.05, 3.63) is 34.9 Å². The molecule has 2 amide bonds. The molecular formula is C28H40N2O7. The normalized spacial score (nSPS) is 25.3. The van der Waals surface area contributed by atoms with Gasteiger partial charge in [0.2, 0.25) is 11.8 Å². The molecule has 204 valence electrons. The van der Waals surface area contributed by atoms with Crippen LogP contribution in [0.4, 0.5) is 0 Å². The molecule has 0 radical (unpaired) electrons. The maximum atomic E-state index is 13.5. The van der Waals surface area contributed by atoms with E-state index >= 15 is 0 Å². The number of hydrogen-bond acceptors (Lipinski definition) is 7. The third kappa shape index (κ3) is 5.49. The molecular weight excluding hydrogens is 476 g/mol. The third-order valence-electron chi connectivity index (χ3n) is 7.79. The van der Waals surface area contributed by atoms with E-state index in [0.29, 0.717) is 41.0 Å². The van der Waals surface area contributed by atoms with E-state index in [1.54, 1.807) is 18.2 Å². The Bertz CT molecular complexity index is 1000. The molecule has 3 aliphatic rings. The average Bonchev–Trinajstić information content (AvgIpc) is 3.09. The summed E-state index contributed by atoms with van der Waals surface area (Å²) in [7, 11) is 1.50. The van der Waals surface area contributed by atoms with Gasteiger partial charge in [-0.1, -0.05) is 32.6 Å². The summed E-state index contributed by atoms with van der Waals surface area (Å²) in [5, 5.41) is 33.6. The van der Waals surface area contributed by atoms with Gasteiger partial charge in [-0.25, -0.2) is 0 Å². The van der Waals surface area contributed by atoms with Crippen LogP contribution >= 0.6 is 0 Å². The van der Waals surface area contributed by atoms with Gasteiger partial charge in [0.1, 0.15) is 12.2 Å². The molecule has 0 spiro atoms. The number of aliphatic hydroxyl groups is 3. The average molecular weight is 517 g/mol. The highest BCUT2D eigenvalue weighted by atomic mass is 16.5. The molecule has 1 aromatic rings. The monoisotopic (exact) mass is 516 g/mol. The number of aliphatic hydroxyl groups excluding tert-OH is 3. The second-order valence-corrected chi connectivity index (χ2v) is 10.2. The smallest absolute Gasteiger partial charge is 0.247 e. The maximum absolute atomic E-state index is 13.5. The fourth-order valence-electron chi connectivity index (χ4n) is 6.08. The van der Waals surface area contributed by atoms with E-state index in [1.165, 1.54) is 7.11 Å². The topological polar surface area (TPSA) is 129 Å². The van der Waals surface area contributed by atoms with E-state index in [1.807, 2.05) is 11.8 Å². The zero-order valence-electron chi connectivity index (χ0n) is 21.8. The van der Waals surface area contributed by atoms with Crippen molar-refractivity contribution in [2.75, 3.05) is 20.3 Å². The fraction of sp³-hybridized carbons (Fsp3) is 0.643. The van der Waals surface area contributed by atoms with Gasteiger partial charge in [0, 0.05) is 30.1 Å². The van der Waals surface area contributed by atoms with Crippen LogP contribution < -0.4 is 14.8 Å². The first-order chi connectivity index (χ1) is 17.9. The van der Waals surface area contributed by atoms with Crippen LogP contribution in [0.2, 0.25) is 0 Å². The van der Waals surface area contributed by atoms with Crippen LogP contribution in [0.15, 0.2) is 23.8 Å². The van der Waals surface area contributed by atoms with Crippen molar-refractivity contribution in [3.8, 4) is 11.5 Å². The van der Waals surface area contributed by atoms with Gasteiger partial charge in [-0.3, -0.25) is 9.59 Å². The number of amides is 2. The number of benzene rings is 1. The molecule has 4 atom stereocenters. The molecule has 1 fully saturated rings. The molecule has 37 heavy (non-hydrogen) atoms. The molecule has 9 nitrogen and oxygen atoms in total. The highest BCUT2D eigenvalue weighted by Crippen LogP contribution is 2.51. The SMILES string of the molecule is CCCC(=O)N(C1CCCCCC1)C1C=C(C(=O)NCCO)C2c3cc(CO)cc(OC)c3OC2C1O. The molecule has 4 N–H and O–H groups in total. The minimum Gasteiger partial charge on any atom is -0.493 e. The van der Waals surface area contributed by atoms with E-state index in [9.17, 15) is 24.9 Å². The molecule has 1 saturated carbocycles.